The van der Waals surface area contributed by atoms with Crippen molar-refractivity contribution in [3.05, 3.63) is 48.7 Å². The molecule has 0 radical (unpaired) electrons. The molecule has 4 heteroatoms. The molecule has 0 spiro atoms. The molecule has 0 aliphatic carbocycles. The lowest BCUT2D eigenvalue weighted by molar-refractivity contribution is 0.380. The Morgan fingerprint density at radius 2 is 1.65 bits per heavy atom. The number of hydrogen-bond acceptors (Lipinski definition) is 4. The van der Waals surface area contributed by atoms with Crippen LogP contribution in [0.25, 0.3) is 22.0 Å². The van der Waals surface area contributed by atoms with E-state index in [9.17, 15) is 0 Å². The van der Waals surface area contributed by atoms with E-state index in [0.717, 1.165) is 27.8 Å². The fourth-order valence-corrected chi connectivity index (χ4v) is 2.11. The Balaban J connectivity index is 2.08. The van der Waals surface area contributed by atoms with Crippen LogP contribution in [-0.2, 0) is 0 Å². The standard InChI is InChI=1S/C16H14N2O2/c1-19-14-6-5-11-9-13(4-3-12(11)10-14)15-7-8-17-16(18-15)20-2/h3-10H,1-2H3. The average Bonchev–Trinajstić information content (AvgIpc) is 2.54. The largest absolute Gasteiger partial charge is 0.497 e. The van der Waals surface area contributed by atoms with Gasteiger partial charge in [-0.15, -0.1) is 0 Å². The second-order valence-electron chi connectivity index (χ2n) is 4.36. The van der Waals surface area contributed by atoms with Crippen LogP contribution in [0, 0.1) is 0 Å². The van der Waals surface area contributed by atoms with E-state index >= 15 is 0 Å². The molecule has 1 aromatic heterocycles. The molecule has 0 saturated carbocycles. The van der Waals surface area contributed by atoms with Crippen LogP contribution in [0.2, 0.25) is 0 Å². The van der Waals surface area contributed by atoms with Crippen molar-refractivity contribution < 1.29 is 9.47 Å². The van der Waals surface area contributed by atoms with Gasteiger partial charge >= 0.3 is 6.01 Å². The lowest BCUT2D eigenvalue weighted by Crippen LogP contribution is -1.93. The Bertz CT molecular complexity index is 756. The molecule has 0 aliphatic rings. The molecule has 20 heavy (non-hydrogen) atoms. The second kappa shape index (κ2) is 5.17. The van der Waals surface area contributed by atoms with E-state index in [1.165, 1.54) is 0 Å². The van der Waals surface area contributed by atoms with Gasteiger partial charge in [-0.25, -0.2) is 4.98 Å². The minimum absolute atomic E-state index is 0.373. The highest BCUT2D eigenvalue weighted by molar-refractivity contribution is 5.87. The quantitative estimate of drug-likeness (QED) is 0.729. The molecule has 0 aliphatic heterocycles. The SMILES string of the molecule is COc1ccc2cc(-c3ccnc(OC)n3)ccc2c1. The summed E-state index contributed by atoms with van der Waals surface area (Å²) in [5, 5.41) is 2.27. The van der Waals surface area contributed by atoms with Gasteiger partial charge in [0.25, 0.3) is 0 Å². The van der Waals surface area contributed by atoms with Gasteiger partial charge in [-0.3, -0.25) is 0 Å². The monoisotopic (exact) mass is 266 g/mol. The van der Waals surface area contributed by atoms with Gasteiger partial charge in [0.2, 0.25) is 0 Å². The molecule has 0 unspecified atom stereocenters. The Morgan fingerprint density at radius 1 is 0.850 bits per heavy atom. The molecular weight excluding hydrogens is 252 g/mol. The Morgan fingerprint density at radius 3 is 2.45 bits per heavy atom. The van der Waals surface area contributed by atoms with Crippen LogP contribution in [0.5, 0.6) is 11.8 Å². The van der Waals surface area contributed by atoms with Crippen LogP contribution in [0.15, 0.2) is 48.7 Å². The molecule has 1 heterocycles. The van der Waals surface area contributed by atoms with Gasteiger partial charge in [0, 0.05) is 11.8 Å². The number of rotatable bonds is 3. The van der Waals surface area contributed by atoms with Gasteiger partial charge < -0.3 is 9.47 Å². The molecule has 0 fully saturated rings. The molecule has 0 saturated heterocycles. The number of ether oxygens (including phenoxy) is 2. The van der Waals surface area contributed by atoms with E-state index < -0.39 is 0 Å². The van der Waals surface area contributed by atoms with Crippen molar-refractivity contribution in [2.24, 2.45) is 0 Å². The summed E-state index contributed by atoms with van der Waals surface area (Å²) in [6.45, 7) is 0. The molecule has 3 aromatic rings. The summed E-state index contributed by atoms with van der Waals surface area (Å²) in [7, 11) is 3.23. The average molecular weight is 266 g/mol. The van der Waals surface area contributed by atoms with Crippen molar-refractivity contribution in [2.45, 2.75) is 0 Å². The van der Waals surface area contributed by atoms with E-state index in [0.29, 0.717) is 6.01 Å². The Hall–Kier alpha value is -2.62. The first-order valence-electron chi connectivity index (χ1n) is 6.25. The summed E-state index contributed by atoms with van der Waals surface area (Å²) in [5.74, 6) is 0.856. The fourth-order valence-electron chi connectivity index (χ4n) is 2.11. The third kappa shape index (κ3) is 2.28. The van der Waals surface area contributed by atoms with Gasteiger partial charge in [0.15, 0.2) is 0 Å². The van der Waals surface area contributed by atoms with Gasteiger partial charge in [-0.1, -0.05) is 18.2 Å². The van der Waals surface area contributed by atoms with Crippen LogP contribution in [0.4, 0.5) is 0 Å². The zero-order valence-corrected chi connectivity index (χ0v) is 11.3. The summed E-state index contributed by atoms with van der Waals surface area (Å²) in [5.41, 5.74) is 1.87. The molecule has 100 valence electrons. The molecule has 4 nitrogen and oxygen atoms in total. The molecule has 2 aromatic carbocycles. The van der Waals surface area contributed by atoms with Crippen LogP contribution < -0.4 is 9.47 Å². The van der Waals surface area contributed by atoms with Crippen LogP contribution in [0.3, 0.4) is 0 Å². The van der Waals surface area contributed by atoms with Crippen LogP contribution in [0.1, 0.15) is 0 Å². The van der Waals surface area contributed by atoms with Gasteiger partial charge in [-0.2, -0.15) is 4.98 Å². The second-order valence-corrected chi connectivity index (χ2v) is 4.36. The smallest absolute Gasteiger partial charge is 0.316 e. The highest BCUT2D eigenvalue weighted by Gasteiger charge is 2.04. The van der Waals surface area contributed by atoms with E-state index in [-0.39, 0.29) is 0 Å². The maximum absolute atomic E-state index is 5.23. The maximum atomic E-state index is 5.23. The summed E-state index contributed by atoms with van der Waals surface area (Å²) in [4.78, 5) is 8.36. The maximum Gasteiger partial charge on any atom is 0.316 e. The van der Waals surface area contributed by atoms with E-state index in [1.54, 1.807) is 20.4 Å². The molecular formula is C16H14N2O2. The lowest BCUT2D eigenvalue weighted by Gasteiger charge is -2.06. The highest BCUT2D eigenvalue weighted by atomic mass is 16.5. The van der Waals surface area contributed by atoms with E-state index in [2.05, 4.69) is 22.1 Å². The number of benzene rings is 2. The first-order valence-corrected chi connectivity index (χ1v) is 6.25. The number of hydrogen-bond donors (Lipinski definition) is 0. The summed E-state index contributed by atoms with van der Waals surface area (Å²) in [6.07, 6.45) is 1.69. The zero-order chi connectivity index (χ0) is 13.9. The van der Waals surface area contributed by atoms with Crippen molar-refractivity contribution in [3.8, 4) is 23.0 Å². The minimum atomic E-state index is 0.373. The summed E-state index contributed by atoms with van der Waals surface area (Å²) in [6, 6.07) is 14.4. The first-order chi connectivity index (χ1) is 9.80. The number of fused-ring (bicyclic) bond motifs is 1. The summed E-state index contributed by atoms with van der Waals surface area (Å²) >= 11 is 0. The van der Waals surface area contributed by atoms with Gasteiger partial charge in [-0.05, 0) is 35.0 Å². The molecule has 3 rings (SSSR count). The van der Waals surface area contributed by atoms with Crippen molar-refractivity contribution in [1.82, 2.24) is 9.97 Å². The Labute approximate surface area is 117 Å². The van der Waals surface area contributed by atoms with Crippen molar-refractivity contribution in [1.29, 1.82) is 0 Å². The number of aromatic nitrogens is 2. The minimum Gasteiger partial charge on any atom is -0.497 e. The van der Waals surface area contributed by atoms with Crippen LogP contribution in [-0.4, -0.2) is 24.2 Å². The van der Waals surface area contributed by atoms with Crippen molar-refractivity contribution in [2.75, 3.05) is 14.2 Å². The molecule has 0 N–H and O–H groups in total. The normalized spacial score (nSPS) is 10.5. The molecule has 0 bridgehead atoms. The predicted octanol–water partition coefficient (Wildman–Crippen LogP) is 3.31. The Kier molecular flexibility index (Phi) is 3.21. The van der Waals surface area contributed by atoms with Crippen molar-refractivity contribution in [3.63, 3.8) is 0 Å². The zero-order valence-electron chi connectivity index (χ0n) is 11.3. The van der Waals surface area contributed by atoms with Gasteiger partial charge in [0.1, 0.15) is 5.75 Å². The lowest BCUT2D eigenvalue weighted by atomic mass is 10.0. The third-order valence-corrected chi connectivity index (χ3v) is 3.16. The fraction of sp³-hybridized carbons (Fsp3) is 0.125. The number of methoxy groups -OCH3 is 2. The number of nitrogens with zero attached hydrogens (tertiary/aromatic N) is 2. The van der Waals surface area contributed by atoms with Crippen molar-refractivity contribution >= 4 is 10.8 Å². The first kappa shape index (κ1) is 12.4. The predicted molar refractivity (Wildman–Crippen MR) is 78.1 cm³/mol. The third-order valence-electron chi connectivity index (χ3n) is 3.16. The summed E-state index contributed by atoms with van der Waals surface area (Å²) < 4.78 is 10.3. The van der Waals surface area contributed by atoms with E-state index in [1.807, 2.05) is 30.3 Å². The molecule has 0 amide bonds. The van der Waals surface area contributed by atoms with Gasteiger partial charge in [0.05, 0.1) is 19.9 Å². The molecule has 0 atom stereocenters. The van der Waals surface area contributed by atoms with E-state index in [4.69, 9.17) is 9.47 Å². The van der Waals surface area contributed by atoms with Crippen LogP contribution >= 0.6 is 0 Å². The highest BCUT2D eigenvalue weighted by Crippen LogP contribution is 2.26. The topological polar surface area (TPSA) is 44.2 Å².